The van der Waals surface area contributed by atoms with E-state index in [2.05, 4.69) is 47.4 Å². The zero-order chi connectivity index (χ0) is 47.8. The number of hydrogen-bond donors (Lipinski definition) is 0. The fourth-order valence-electron chi connectivity index (χ4n) is 2.03. The summed E-state index contributed by atoms with van der Waals surface area (Å²) in [5.74, 6) is -7.58. The molecule has 0 aromatic rings. The van der Waals surface area contributed by atoms with Gasteiger partial charge in [0.15, 0.2) is 66.1 Å². The van der Waals surface area contributed by atoms with Gasteiger partial charge in [0.25, 0.3) is 0 Å². The Morgan fingerprint density at radius 2 is 0.262 bits per heavy atom. The molecular formula is C36H54O25. The Balaban J connectivity index is -0.000000154. The minimum Gasteiger partial charge on any atom is -0.458 e. The lowest BCUT2D eigenvalue weighted by atomic mass is 10.4. The highest BCUT2D eigenvalue weighted by Gasteiger charge is 2.09. The molecule has 0 heterocycles. The highest BCUT2D eigenvalue weighted by atomic mass is 16.6. The Bertz CT molecular complexity index is 1140. The summed E-state index contributed by atoms with van der Waals surface area (Å²) in [6.07, 6.45) is 0. The molecule has 0 radical (unpaired) electrons. The van der Waals surface area contributed by atoms with Gasteiger partial charge in [-0.1, -0.05) is 7.43 Å². The summed E-state index contributed by atoms with van der Waals surface area (Å²) < 4.78 is 43.6. The van der Waals surface area contributed by atoms with Gasteiger partial charge in [0.2, 0.25) is 28.9 Å². The van der Waals surface area contributed by atoms with Crippen LogP contribution in [-0.4, -0.2) is 155 Å². The second kappa shape index (κ2) is 42.7. The molecule has 0 aromatic heterocycles. The van der Waals surface area contributed by atoms with Crippen LogP contribution in [0.2, 0.25) is 0 Å². The summed E-state index contributed by atoms with van der Waals surface area (Å²) in [6.45, 7) is 8.49. The zero-order valence-corrected chi connectivity index (χ0v) is 34.8. The summed E-state index contributed by atoms with van der Waals surface area (Å²) in [5, 5.41) is 0. The Labute approximate surface area is 350 Å². The van der Waals surface area contributed by atoms with E-state index in [1.54, 1.807) is 0 Å². The first kappa shape index (κ1) is 65.9. The first-order valence-electron chi connectivity index (χ1n) is 16.5. The van der Waals surface area contributed by atoms with E-state index in [0.29, 0.717) is 0 Å². The van der Waals surface area contributed by atoms with Crippen molar-refractivity contribution >= 4 is 88.6 Å². The quantitative estimate of drug-likeness (QED) is 0.105. The molecule has 0 amide bonds. The number of Topliss-reactive ketones (excluding diaryl/α,β-unsaturated/α-hetero) is 5. The molecule has 25 nitrogen and oxygen atoms in total. The third kappa shape index (κ3) is 74.6. The number of hydrogen-bond acceptors (Lipinski definition) is 25. The third-order valence-corrected chi connectivity index (χ3v) is 4.36. The van der Waals surface area contributed by atoms with E-state index < -0.39 is 88.6 Å². The molecule has 25 heteroatoms. The molecule has 0 aromatic carbocycles. The Kier molecular flexibility index (Phi) is 46.1. The van der Waals surface area contributed by atoms with E-state index in [-0.39, 0.29) is 73.5 Å². The number of carbonyl (C=O) groups excluding carboxylic acids is 15. The van der Waals surface area contributed by atoms with Gasteiger partial charge in [-0.25, -0.2) is 0 Å². The molecule has 348 valence electrons. The van der Waals surface area contributed by atoms with Crippen molar-refractivity contribution in [1.29, 1.82) is 0 Å². The highest BCUT2D eigenvalue weighted by Crippen LogP contribution is 1.86. The minimum absolute atomic E-state index is 0. The fraction of sp³-hybridized carbons (Fsp3) is 0.583. The van der Waals surface area contributed by atoms with Crippen molar-refractivity contribution in [3.8, 4) is 0 Å². The first-order valence-corrected chi connectivity index (χ1v) is 16.5. The van der Waals surface area contributed by atoms with Crippen LogP contribution < -0.4 is 0 Å². The van der Waals surface area contributed by atoms with Crippen LogP contribution in [-0.2, 0) is 119 Å². The molecule has 0 saturated heterocycles. The highest BCUT2D eigenvalue weighted by molar-refractivity contribution is 5.87. The maximum absolute atomic E-state index is 10.7. The summed E-state index contributed by atoms with van der Waals surface area (Å²) in [4.78, 5) is 156. The normalized spacial score (nSPS) is 8.69. The molecule has 0 bridgehead atoms. The molecule has 0 spiro atoms. The standard InChI is InChI=1S/5C7H10O5.CH4/c5*1-5(8)11-3-7(10)4-12-6(2)9;/h5*3-4H2,1-2H3;1H4. The van der Waals surface area contributed by atoms with E-state index in [4.69, 9.17) is 0 Å². The molecule has 0 N–H and O–H groups in total. The number of ether oxygens (including phenoxy) is 10. The van der Waals surface area contributed by atoms with Gasteiger partial charge in [-0.15, -0.1) is 0 Å². The molecule has 0 atom stereocenters. The van der Waals surface area contributed by atoms with Crippen molar-refractivity contribution in [3.05, 3.63) is 0 Å². The first-order chi connectivity index (χ1) is 27.6. The largest absolute Gasteiger partial charge is 0.458 e. The van der Waals surface area contributed by atoms with Crippen LogP contribution in [0.1, 0.15) is 76.7 Å². The van der Waals surface area contributed by atoms with E-state index in [1.165, 1.54) is 69.2 Å². The van der Waals surface area contributed by atoms with Gasteiger partial charge in [-0.05, 0) is 0 Å². The van der Waals surface area contributed by atoms with E-state index in [0.717, 1.165) is 0 Å². The smallest absolute Gasteiger partial charge is 0.303 e. The number of esters is 10. The Morgan fingerprint density at radius 1 is 0.197 bits per heavy atom. The fourth-order valence-corrected chi connectivity index (χ4v) is 2.03. The van der Waals surface area contributed by atoms with Crippen LogP contribution >= 0.6 is 0 Å². The van der Waals surface area contributed by atoms with Gasteiger partial charge in [0, 0.05) is 69.2 Å². The Hall–Kier alpha value is -6.95. The topological polar surface area (TPSA) is 348 Å². The van der Waals surface area contributed by atoms with Crippen molar-refractivity contribution in [2.45, 2.75) is 76.7 Å². The van der Waals surface area contributed by atoms with Crippen LogP contribution in [0.5, 0.6) is 0 Å². The van der Waals surface area contributed by atoms with E-state index in [9.17, 15) is 71.9 Å². The van der Waals surface area contributed by atoms with Crippen LogP contribution in [0, 0.1) is 0 Å². The molecule has 0 saturated carbocycles. The number of carbonyl (C=O) groups is 15. The van der Waals surface area contributed by atoms with Gasteiger partial charge >= 0.3 is 59.7 Å². The summed E-state index contributed by atoms with van der Waals surface area (Å²) in [6, 6.07) is 0. The van der Waals surface area contributed by atoms with Crippen LogP contribution in [0.4, 0.5) is 0 Å². The average Bonchev–Trinajstić information content (AvgIpc) is 3.13. The van der Waals surface area contributed by atoms with Crippen molar-refractivity contribution in [2.24, 2.45) is 0 Å². The maximum Gasteiger partial charge on any atom is 0.303 e. The zero-order valence-electron chi connectivity index (χ0n) is 34.8. The predicted octanol–water partition coefficient (Wildman–Crippen LogP) is -0.955. The van der Waals surface area contributed by atoms with Crippen LogP contribution in [0.25, 0.3) is 0 Å². The summed E-state index contributed by atoms with van der Waals surface area (Å²) in [5.41, 5.74) is 0. The molecule has 0 aliphatic carbocycles. The second-order valence-electron chi connectivity index (χ2n) is 10.5. The van der Waals surface area contributed by atoms with Gasteiger partial charge < -0.3 is 47.4 Å². The van der Waals surface area contributed by atoms with Crippen molar-refractivity contribution in [3.63, 3.8) is 0 Å². The lowest BCUT2D eigenvalue weighted by molar-refractivity contribution is -0.151. The minimum atomic E-state index is -0.536. The monoisotopic (exact) mass is 886 g/mol. The van der Waals surface area contributed by atoms with Crippen LogP contribution in [0.3, 0.4) is 0 Å². The van der Waals surface area contributed by atoms with Gasteiger partial charge in [0.1, 0.15) is 0 Å². The number of ketones is 5. The van der Waals surface area contributed by atoms with E-state index in [1.807, 2.05) is 0 Å². The molecule has 0 fully saturated rings. The summed E-state index contributed by atoms with van der Waals surface area (Å²) in [7, 11) is 0. The lowest BCUT2D eigenvalue weighted by Gasteiger charge is -2.00. The van der Waals surface area contributed by atoms with Gasteiger partial charge in [-0.3, -0.25) is 71.9 Å². The van der Waals surface area contributed by atoms with Crippen molar-refractivity contribution in [1.82, 2.24) is 0 Å². The van der Waals surface area contributed by atoms with Crippen molar-refractivity contribution < 1.29 is 119 Å². The predicted molar refractivity (Wildman–Crippen MR) is 198 cm³/mol. The van der Waals surface area contributed by atoms with Gasteiger partial charge in [-0.2, -0.15) is 0 Å². The summed E-state index contributed by atoms with van der Waals surface area (Å²) >= 11 is 0. The second-order valence-corrected chi connectivity index (χ2v) is 10.5. The molecule has 0 aliphatic rings. The lowest BCUT2D eigenvalue weighted by Crippen LogP contribution is -2.18. The Morgan fingerprint density at radius 3 is 0.311 bits per heavy atom. The third-order valence-electron chi connectivity index (χ3n) is 4.36. The molecule has 0 aliphatic heterocycles. The average molecular weight is 887 g/mol. The SMILES string of the molecule is C.CC(=O)OCC(=O)COC(C)=O.CC(=O)OCC(=O)COC(C)=O.CC(=O)OCC(=O)COC(C)=O.CC(=O)OCC(=O)COC(C)=O.CC(=O)OCC(=O)COC(C)=O. The molecule has 61 heavy (non-hydrogen) atoms. The van der Waals surface area contributed by atoms with Gasteiger partial charge in [0.05, 0.1) is 0 Å². The number of rotatable bonds is 20. The molecule has 0 rings (SSSR count). The van der Waals surface area contributed by atoms with Crippen LogP contribution in [0.15, 0.2) is 0 Å². The van der Waals surface area contributed by atoms with Crippen molar-refractivity contribution in [2.75, 3.05) is 66.1 Å². The van der Waals surface area contributed by atoms with E-state index >= 15 is 0 Å². The molecule has 0 unspecified atom stereocenters. The molecular weight excluding hydrogens is 832 g/mol. The maximum atomic E-state index is 10.7.